The molecule has 0 aliphatic heterocycles. The van der Waals surface area contributed by atoms with Gasteiger partial charge in [0.25, 0.3) is 0 Å². The van der Waals surface area contributed by atoms with Gasteiger partial charge in [-0.05, 0) is 13.0 Å². The van der Waals surface area contributed by atoms with Gasteiger partial charge in [0.1, 0.15) is 0 Å². The summed E-state index contributed by atoms with van der Waals surface area (Å²) in [7, 11) is 0. The van der Waals surface area contributed by atoms with E-state index in [2.05, 4.69) is 6.92 Å². The van der Waals surface area contributed by atoms with Gasteiger partial charge in [-0.25, -0.2) is 0 Å². The van der Waals surface area contributed by atoms with Crippen molar-refractivity contribution in [2.24, 2.45) is 5.73 Å². The molecule has 0 rings (SSSR count). The second kappa shape index (κ2) is 10.5. The molecule has 0 bridgehead atoms. The summed E-state index contributed by atoms with van der Waals surface area (Å²) < 4.78 is 0. The molecule has 0 amide bonds. The fourth-order valence-corrected chi connectivity index (χ4v) is 0.571. The van der Waals surface area contributed by atoms with Crippen molar-refractivity contribution >= 4 is 18.9 Å². The maximum absolute atomic E-state index is 5.27. The molecule has 0 heterocycles. The first kappa shape index (κ1) is 11.4. The molecule has 0 aromatic heterocycles. The van der Waals surface area contributed by atoms with Crippen molar-refractivity contribution in [2.45, 2.75) is 32.6 Å². The quantitative estimate of drug-likeness (QED) is 0.421. The van der Waals surface area contributed by atoms with Crippen molar-refractivity contribution < 1.29 is 0 Å². The molecule has 2 heteroatoms. The van der Waals surface area contributed by atoms with Crippen LogP contribution in [0.15, 0.2) is 0 Å². The first-order chi connectivity index (χ1) is 3.41. The third-order valence-electron chi connectivity index (χ3n) is 1.06. The van der Waals surface area contributed by atoms with Crippen molar-refractivity contribution in [1.82, 2.24) is 0 Å². The van der Waals surface area contributed by atoms with E-state index < -0.39 is 0 Å². The minimum absolute atomic E-state index is 0. The van der Waals surface area contributed by atoms with Gasteiger partial charge in [0.05, 0.1) is 0 Å². The average Bonchev–Trinajstić information content (AvgIpc) is 1.69. The molecule has 0 atom stereocenters. The standard InChI is InChI=1S/C6H15N.Li.H/c1-2-3-4-5-6-7;;/h2-7H2,1H3;;. The predicted octanol–water partition coefficient (Wildman–Crippen LogP) is 0.877. The third kappa shape index (κ3) is 9.75. The number of hydrogen-bond acceptors (Lipinski definition) is 1. The Morgan fingerprint density at radius 2 is 1.75 bits per heavy atom. The van der Waals surface area contributed by atoms with Gasteiger partial charge in [0, 0.05) is 0 Å². The Labute approximate surface area is 64.2 Å². The van der Waals surface area contributed by atoms with Gasteiger partial charge < -0.3 is 5.73 Å². The first-order valence-corrected chi connectivity index (χ1v) is 3.12. The van der Waals surface area contributed by atoms with E-state index in [1.807, 2.05) is 0 Å². The van der Waals surface area contributed by atoms with Crippen LogP contribution >= 0.6 is 0 Å². The normalized spacial score (nSPS) is 8.25. The van der Waals surface area contributed by atoms with Crippen LogP contribution < -0.4 is 5.73 Å². The minimum atomic E-state index is 0. The van der Waals surface area contributed by atoms with Gasteiger partial charge in [-0.15, -0.1) is 0 Å². The Hall–Kier alpha value is 0.557. The van der Waals surface area contributed by atoms with Crippen LogP contribution in [0.3, 0.4) is 0 Å². The van der Waals surface area contributed by atoms with E-state index in [4.69, 9.17) is 5.73 Å². The van der Waals surface area contributed by atoms with Crippen molar-refractivity contribution in [3.8, 4) is 0 Å². The summed E-state index contributed by atoms with van der Waals surface area (Å²) in [6.07, 6.45) is 5.16. The molecule has 0 aliphatic rings. The number of nitrogens with two attached hydrogens (primary N) is 1. The second-order valence-electron chi connectivity index (χ2n) is 1.85. The molecule has 1 nitrogen and oxygen atoms in total. The summed E-state index contributed by atoms with van der Waals surface area (Å²) in [6.45, 7) is 3.07. The molecule has 46 valence electrons. The topological polar surface area (TPSA) is 26.0 Å². The molecule has 0 spiro atoms. The molecule has 0 aliphatic carbocycles. The third-order valence-corrected chi connectivity index (χ3v) is 1.06. The zero-order chi connectivity index (χ0) is 5.54. The van der Waals surface area contributed by atoms with Crippen LogP contribution in [-0.4, -0.2) is 25.4 Å². The van der Waals surface area contributed by atoms with Crippen LogP contribution in [0.2, 0.25) is 0 Å². The van der Waals surface area contributed by atoms with Crippen molar-refractivity contribution in [1.29, 1.82) is 0 Å². The van der Waals surface area contributed by atoms with Gasteiger partial charge in [-0.2, -0.15) is 0 Å². The summed E-state index contributed by atoms with van der Waals surface area (Å²) in [5, 5.41) is 0. The van der Waals surface area contributed by atoms with E-state index in [9.17, 15) is 0 Å². The molecule has 0 radical (unpaired) electrons. The summed E-state index contributed by atoms with van der Waals surface area (Å²) >= 11 is 0. The Balaban J connectivity index is 0. The molecule has 0 aromatic rings. The van der Waals surface area contributed by atoms with Gasteiger partial charge >= 0.3 is 18.9 Å². The van der Waals surface area contributed by atoms with Gasteiger partial charge in [-0.1, -0.05) is 26.2 Å². The molecule has 0 aromatic carbocycles. The molecular formula is C6H16LiN. The zero-order valence-corrected chi connectivity index (χ0v) is 5.11. The molecule has 0 saturated carbocycles. The van der Waals surface area contributed by atoms with E-state index in [1.165, 1.54) is 25.7 Å². The fourth-order valence-electron chi connectivity index (χ4n) is 0.571. The number of hydrogen-bond donors (Lipinski definition) is 1. The Morgan fingerprint density at radius 1 is 1.12 bits per heavy atom. The van der Waals surface area contributed by atoms with Crippen molar-refractivity contribution in [2.75, 3.05) is 6.54 Å². The zero-order valence-electron chi connectivity index (χ0n) is 5.11. The van der Waals surface area contributed by atoms with Gasteiger partial charge in [-0.3, -0.25) is 0 Å². The first-order valence-electron chi connectivity index (χ1n) is 3.12. The summed E-state index contributed by atoms with van der Waals surface area (Å²) in [4.78, 5) is 0. The molecular weight excluding hydrogens is 93.0 g/mol. The van der Waals surface area contributed by atoms with Gasteiger partial charge in [0.15, 0.2) is 0 Å². The van der Waals surface area contributed by atoms with Crippen LogP contribution in [-0.2, 0) is 0 Å². The van der Waals surface area contributed by atoms with E-state index in [1.54, 1.807) is 0 Å². The van der Waals surface area contributed by atoms with E-state index in [0.29, 0.717) is 0 Å². The molecule has 0 saturated heterocycles. The SMILES string of the molecule is CCCCCCN.[LiH]. The molecule has 2 N–H and O–H groups in total. The summed E-state index contributed by atoms with van der Waals surface area (Å²) in [6, 6.07) is 0. The predicted molar refractivity (Wildman–Crippen MR) is 40.3 cm³/mol. The molecule has 8 heavy (non-hydrogen) atoms. The molecule has 0 fully saturated rings. The molecule has 0 unspecified atom stereocenters. The van der Waals surface area contributed by atoms with Crippen LogP contribution in [0.5, 0.6) is 0 Å². The van der Waals surface area contributed by atoms with Crippen LogP contribution in [0.1, 0.15) is 32.6 Å². The van der Waals surface area contributed by atoms with Crippen LogP contribution in [0, 0.1) is 0 Å². The van der Waals surface area contributed by atoms with Gasteiger partial charge in [0.2, 0.25) is 0 Å². The Kier molecular flexibility index (Phi) is 14.9. The van der Waals surface area contributed by atoms with E-state index >= 15 is 0 Å². The number of rotatable bonds is 4. The maximum atomic E-state index is 5.27. The van der Waals surface area contributed by atoms with Crippen LogP contribution in [0.4, 0.5) is 0 Å². The fraction of sp³-hybridized carbons (Fsp3) is 1.00. The second-order valence-corrected chi connectivity index (χ2v) is 1.85. The summed E-state index contributed by atoms with van der Waals surface area (Å²) in [5.74, 6) is 0. The van der Waals surface area contributed by atoms with Crippen molar-refractivity contribution in [3.05, 3.63) is 0 Å². The monoisotopic (exact) mass is 109 g/mol. The van der Waals surface area contributed by atoms with Crippen molar-refractivity contribution in [3.63, 3.8) is 0 Å². The van der Waals surface area contributed by atoms with E-state index in [0.717, 1.165) is 6.54 Å². The summed E-state index contributed by atoms with van der Waals surface area (Å²) in [5.41, 5.74) is 5.27. The Morgan fingerprint density at radius 3 is 2.12 bits per heavy atom. The average molecular weight is 109 g/mol. The van der Waals surface area contributed by atoms with E-state index in [-0.39, 0.29) is 18.9 Å². The number of unbranched alkanes of at least 4 members (excludes halogenated alkanes) is 3. The Bertz CT molecular complexity index is 27.7. The van der Waals surface area contributed by atoms with Crippen LogP contribution in [0.25, 0.3) is 0 Å².